The Bertz CT molecular complexity index is 1850. The van der Waals surface area contributed by atoms with E-state index in [9.17, 15) is 32.7 Å². The van der Waals surface area contributed by atoms with Gasteiger partial charge < -0.3 is 30.1 Å². The lowest BCUT2D eigenvalue weighted by Crippen LogP contribution is -2.60. The van der Waals surface area contributed by atoms with Gasteiger partial charge in [0, 0.05) is 17.9 Å². The van der Waals surface area contributed by atoms with Crippen molar-refractivity contribution < 1.29 is 42.2 Å². The summed E-state index contributed by atoms with van der Waals surface area (Å²) < 4.78 is 38.5. The maximum Gasteiger partial charge on any atom is 0.408 e. The summed E-state index contributed by atoms with van der Waals surface area (Å²) >= 11 is 0. The number of nitrogens with one attached hydrogen (secondary N) is 3. The second-order valence-corrected chi connectivity index (χ2v) is 18.1. The minimum absolute atomic E-state index is 0.106. The van der Waals surface area contributed by atoms with E-state index in [0.29, 0.717) is 24.2 Å². The van der Waals surface area contributed by atoms with E-state index >= 15 is 0 Å². The first-order valence-corrected chi connectivity index (χ1v) is 19.0. The summed E-state index contributed by atoms with van der Waals surface area (Å²) in [6.07, 6.45) is 1.38. The molecular weight excluding hydrogens is 689 g/mol. The Balaban J connectivity index is 1.48. The molecule has 282 valence electrons. The van der Waals surface area contributed by atoms with Crippen LogP contribution in [0.4, 0.5) is 4.79 Å². The molecule has 1 saturated heterocycles. The zero-order valence-electron chi connectivity index (χ0n) is 30.8. The molecule has 0 radical (unpaired) electrons. The summed E-state index contributed by atoms with van der Waals surface area (Å²) in [5.74, 6) is -2.19. The molecule has 5 atom stereocenters. The topological polar surface area (TPSA) is 180 Å². The van der Waals surface area contributed by atoms with E-state index < -0.39 is 79.2 Å². The number of ether oxygens (including phenoxy) is 2. The van der Waals surface area contributed by atoms with E-state index in [1.807, 2.05) is 36.4 Å². The maximum atomic E-state index is 14.5. The Labute approximate surface area is 305 Å². The van der Waals surface area contributed by atoms with Gasteiger partial charge in [-0.2, -0.15) is 0 Å². The normalized spacial score (nSPS) is 25.0. The number of aliphatic hydroxyl groups is 1. The standard InChI is InChI=1S/C38H50N4O9S/c1-9-24-20-38(24,33(45)41-52(48,49)26-18-19-26)40-31(43)28-21-37(47,25-16-14-23(15-17-25)27-12-10-11-13-29(27)50-8)22-42(28)32(44)30(35(2,3)4)39-34(46)51-36(5,6)7/h9-17,24,26,28,30,47H,1,18-22H2,2-8H3,(H,39,46)(H,40,43)(H,41,45)/t24-,28+,30-,37+,38-/m1/s1. The van der Waals surface area contributed by atoms with Gasteiger partial charge in [-0.15, -0.1) is 6.58 Å². The molecule has 5 rings (SSSR count). The van der Waals surface area contributed by atoms with Crippen LogP contribution in [-0.4, -0.2) is 84.4 Å². The van der Waals surface area contributed by atoms with Gasteiger partial charge in [0.2, 0.25) is 21.8 Å². The van der Waals surface area contributed by atoms with Crippen molar-refractivity contribution in [1.82, 2.24) is 20.3 Å². The van der Waals surface area contributed by atoms with Crippen LogP contribution < -0.4 is 20.1 Å². The number of nitrogens with zero attached hydrogens (tertiary/aromatic N) is 1. The van der Waals surface area contributed by atoms with Crippen LogP contribution in [0, 0.1) is 11.3 Å². The van der Waals surface area contributed by atoms with Gasteiger partial charge in [-0.3, -0.25) is 19.1 Å². The predicted octanol–water partition coefficient (Wildman–Crippen LogP) is 3.76. The second kappa shape index (κ2) is 13.8. The summed E-state index contributed by atoms with van der Waals surface area (Å²) in [5, 5.41) is 17.0. The molecule has 0 unspecified atom stereocenters. The molecule has 4 amide bonds. The van der Waals surface area contributed by atoms with E-state index in [4.69, 9.17) is 9.47 Å². The van der Waals surface area contributed by atoms with Gasteiger partial charge in [0.1, 0.15) is 34.6 Å². The number of carbonyl (C=O) groups excluding carboxylic acids is 4. The highest BCUT2D eigenvalue weighted by atomic mass is 32.2. The highest BCUT2D eigenvalue weighted by Crippen LogP contribution is 2.46. The number of amides is 4. The quantitative estimate of drug-likeness (QED) is 0.250. The maximum absolute atomic E-state index is 14.5. The Morgan fingerprint density at radius 3 is 2.17 bits per heavy atom. The number of rotatable bonds is 11. The molecule has 52 heavy (non-hydrogen) atoms. The van der Waals surface area contributed by atoms with Crippen molar-refractivity contribution in [3.05, 3.63) is 66.7 Å². The molecule has 0 bridgehead atoms. The number of β-amino-alcohol motifs (C(OH)–C–C–N with tert-alkyl or cyclic N) is 1. The fraction of sp³-hybridized carbons (Fsp3) is 0.526. The van der Waals surface area contributed by atoms with Crippen LogP contribution in [-0.2, 0) is 34.7 Å². The van der Waals surface area contributed by atoms with Crippen LogP contribution in [0.15, 0.2) is 61.2 Å². The second-order valence-electron chi connectivity index (χ2n) is 16.1. The van der Waals surface area contributed by atoms with Gasteiger partial charge in [-0.25, -0.2) is 13.2 Å². The minimum atomic E-state index is -3.92. The lowest BCUT2D eigenvalue weighted by molar-refractivity contribution is -0.143. The predicted molar refractivity (Wildman–Crippen MR) is 194 cm³/mol. The van der Waals surface area contributed by atoms with Crippen molar-refractivity contribution in [1.29, 1.82) is 0 Å². The molecule has 13 nitrogen and oxygen atoms in total. The highest BCUT2D eigenvalue weighted by Gasteiger charge is 2.62. The summed E-state index contributed by atoms with van der Waals surface area (Å²) in [7, 11) is -2.35. The summed E-state index contributed by atoms with van der Waals surface area (Å²) in [6.45, 7) is 13.8. The molecule has 2 aliphatic carbocycles. The van der Waals surface area contributed by atoms with E-state index in [0.717, 1.165) is 11.1 Å². The average molecular weight is 739 g/mol. The zero-order valence-corrected chi connectivity index (χ0v) is 31.6. The summed E-state index contributed by atoms with van der Waals surface area (Å²) in [4.78, 5) is 56.5. The largest absolute Gasteiger partial charge is 0.496 e. The number of carbonyl (C=O) groups is 4. The number of alkyl carbamates (subject to hydrolysis) is 1. The number of hydrogen-bond donors (Lipinski definition) is 4. The van der Waals surface area contributed by atoms with Gasteiger partial charge in [0.25, 0.3) is 5.91 Å². The van der Waals surface area contributed by atoms with E-state index in [1.165, 1.54) is 11.0 Å². The van der Waals surface area contributed by atoms with Crippen molar-refractivity contribution in [3.63, 3.8) is 0 Å². The van der Waals surface area contributed by atoms with Crippen LogP contribution in [0.2, 0.25) is 0 Å². The van der Waals surface area contributed by atoms with Crippen molar-refractivity contribution in [2.24, 2.45) is 11.3 Å². The molecule has 3 fully saturated rings. The minimum Gasteiger partial charge on any atom is -0.496 e. The third-order valence-electron chi connectivity index (χ3n) is 9.79. The van der Waals surface area contributed by atoms with E-state index in [-0.39, 0.29) is 19.4 Å². The smallest absolute Gasteiger partial charge is 0.408 e. The van der Waals surface area contributed by atoms with E-state index in [1.54, 1.807) is 60.8 Å². The number of para-hydroxylation sites is 1. The molecule has 3 aliphatic rings. The number of benzene rings is 2. The Morgan fingerprint density at radius 1 is 1.00 bits per heavy atom. The van der Waals surface area contributed by atoms with Crippen LogP contribution in [0.1, 0.15) is 72.8 Å². The highest BCUT2D eigenvalue weighted by molar-refractivity contribution is 7.91. The van der Waals surface area contributed by atoms with Gasteiger partial charge in [-0.1, -0.05) is 69.3 Å². The summed E-state index contributed by atoms with van der Waals surface area (Å²) in [5.41, 5.74) is -2.96. The monoisotopic (exact) mass is 738 g/mol. The van der Waals surface area contributed by atoms with Crippen molar-refractivity contribution in [2.75, 3.05) is 13.7 Å². The average Bonchev–Trinajstić information content (AvgIpc) is 3.99. The van der Waals surface area contributed by atoms with Crippen LogP contribution in [0.3, 0.4) is 0 Å². The van der Waals surface area contributed by atoms with Gasteiger partial charge in [0.15, 0.2) is 0 Å². The number of sulfonamides is 1. The lowest BCUT2D eigenvalue weighted by atomic mass is 9.85. The number of methoxy groups -OCH3 is 1. The lowest BCUT2D eigenvalue weighted by Gasteiger charge is -2.36. The Kier molecular flexibility index (Phi) is 10.3. The molecule has 2 saturated carbocycles. The summed E-state index contributed by atoms with van der Waals surface area (Å²) in [6, 6.07) is 12.0. The molecule has 0 aromatic heterocycles. The fourth-order valence-corrected chi connectivity index (χ4v) is 8.03. The van der Waals surface area contributed by atoms with Crippen molar-refractivity contribution in [3.8, 4) is 16.9 Å². The molecule has 1 heterocycles. The molecule has 14 heteroatoms. The van der Waals surface area contributed by atoms with Crippen molar-refractivity contribution in [2.45, 2.75) is 101 Å². The molecule has 1 aliphatic heterocycles. The van der Waals surface area contributed by atoms with Gasteiger partial charge in [0.05, 0.1) is 18.9 Å². The van der Waals surface area contributed by atoms with Gasteiger partial charge in [-0.05, 0) is 62.6 Å². The number of hydrogen-bond acceptors (Lipinski definition) is 9. The molecule has 2 aromatic carbocycles. The first-order chi connectivity index (χ1) is 24.1. The van der Waals surface area contributed by atoms with Crippen LogP contribution in [0.5, 0.6) is 5.75 Å². The third-order valence-corrected chi connectivity index (χ3v) is 11.6. The van der Waals surface area contributed by atoms with Crippen LogP contribution >= 0.6 is 0 Å². The molecule has 0 spiro atoms. The molecular formula is C38H50N4O9S. The SMILES string of the molecule is C=C[C@@H]1C[C@]1(NC(=O)[C@@H]1C[C@@](O)(c2ccc(-c3ccccc3OC)cc2)CN1C(=O)[C@@H](NC(=O)OC(C)(C)C)C(C)(C)C)C(=O)NS(=O)(=O)C1CC1. The van der Waals surface area contributed by atoms with Crippen LogP contribution in [0.25, 0.3) is 11.1 Å². The number of likely N-dealkylation sites (tertiary alicyclic amines) is 1. The Morgan fingerprint density at radius 2 is 1.63 bits per heavy atom. The molecule has 4 N–H and O–H groups in total. The first kappa shape index (κ1) is 38.8. The zero-order chi connectivity index (χ0) is 38.4. The third kappa shape index (κ3) is 8.12. The van der Waals surface area contributed by atoms with Crippen molar-refractivity contribution >= 4 is 33.8 Å². The molecule has 2 aromatic rings. The fourth-order valence-electron chi connectivity index (χ4n) is 6.66. The van der Waals surface area contributed by atoms with Gasteiger partial charge >= 0.3 is 6.09 Å². The van der Waals surface area contributed by atoms with E-state index in [2.05, 4.69) is 21.9 Å². The Hall–Kier alpha value is -4.43. The first-order valence-electron chi connectivity index (χ1n) is 17.4.